The summed E-state index contributed by atoms with van der Waals surface area (Å²) in [5.41, 5.74) is -5.65. The third-order valence-corrected chi connectivity index (χ3v) is 5.60. The van der Waals surface area contributed by atoms with Crippen LogP contribution in [0.2, 0.25) is 0 Å². The van der Waals surface area contributed by atoms with Gasteiger partial charge in [0.15, 0.2) is 10.1 Å². The summed E-state index contributed by atoms with van der Waals surface area (Å²) >= 11 is 0. The summed E-state index contributed by atoms with van der Waals surface area (Å²) in [5, 5.41) is 0. The zero-order chi connectivity index (χ0) is 22.7. The monoisotopic (exact) mass is 652 g/mol. The van der Waals surface area contributed by atoms with Gasteiger partial charge in [-0.2, -0.15) is 49.6 Å². The fourth-order valence-electron chi connectivity index (χ4n) is 2.74. The summed E-state index contributed by atoms with van der Waals surface area (Å²) in [7, 11) is -5.71. The van der Waals surface area contributed by atoms with E-state index in [0.717, 1.165) is 29.6 Å². The first-order valence-electron chi connectivity index (χ1n) is 9.08. The van der Waals surface area contributed by atoms with Crippen LogP contribution >= 0.6 is 7.92 Å². The predicted octanol–water partition coefficient (Wildman–Crippen LogP) is 6.24. The molecule has 2 rings (SSSR count). The molecule has 1 aromatic rings. The summed E-state index contributed by atoms with van der Waals surface area (Å²) in [6.07, 6.45) is 0. The van der Waals surface area contributed by atoms with Gasteiger partial charge in [-0.1, -0.05) is 34.6 Å². The summed E-state index contributed by atoms with van der Waals surface area (Å²) in [6, 6.07) is 12.5. The normalized spacial score (nSPS) is 25.0. The molecule has 4 nitrogen and oxygen atoms in total. The van der Waals surface area contributed by atoms with Crippen LogP contribution < -0.4 is 6.15 Å². The van der Waals surface area contributed by atoms with E-state index in [1.54, 1.807) is 0 Å². The van der Waals surface area contributed by atoms with E-state index in [9.17, 15) is 13.2 Å². The number of alkyl halides is 3. The van der Waals surface area contributed by atoms with Gasteiger partial charge in [-0.15, -0.1) is 7.92 Å². The Morgan fingerprint density at radius 1 is 0.800 bits per heavy atom. The molecular weight excluding hydrogens is 614 g/mol. The van der Waals surface area contributed by atoms with Crippen molar-refractivity contribution in [3.05, 3.63) is 36.4 Å². The van der Waals surface area contributed by atoms with Crippen LogP contribution in [0.4, 0.5) is 13.2 Å². The smallest absolute Gasteiger partial charge is 0.741 e. The molecule has 0 amide bonds. The summed E-state index contributed by atoms with van der Waals surface area (Å²) < 4.78 is 58.9. The maximum absolute atomic E-state index is 10.7. The van der Waals surface area contributed by atoms with Crippen molar-refractivity contribution in [1.82, 2.24) is 6.15 Å². The molecule has 1 aromatic carbocycles. The molecular formula is C20H37F3IrNO3PS+. The van der Waals surface area contributed by atoms with Gasteiger partial charge in [0.25, 0.3) is 0 Å². The van der Waals surface area contributed by atoms with E-state index in [0.29, 0.717) is 7.92 Å². The van der Waals surface area contributed by atoms with Crippen LogP contribution in [0.3, 0.4) is 0 Å². The van der Waals surface area contributed by atoms with Gasteiger partial charge >= 0.3 is 25.6 Å². The number of hydrogen-bond acceptors (Lipinski definition) is 4. The minimum atomic E-state index is -6.09. The van der Waals surface area contributed by atoms with Crippen molar-refractivity contribution in [1.29, 1.82) is 0 Å². The zero-order valence-corrected chi connectivity index (χ0v) is 23.1. The Kier molecular flexibility index (Phi) is 21.8. The van der Waals surface area contributed by atoms with Crippen molar-refractivity contribution in [2.24, 2.45) is 29.6 Å². The molecule has 1 aliphatic carbocycles. The molecule has 0 atom stereocenters. The molecule has 1 fully saturated rings. The predicted molar refractivity (Wildman–Crippen MR) is 117 cm³/mol. The standard InChI is InChI=1S/C10H20.C6H5.C3H9P.CHF3O3S.Ir.H3N/c1-6-7(2)9(4)10(5)8(6)3;1-2-4-6-5-3-1;1-4(2)3;2-1(3,4)8(5,6)7;;/h6-10H,1-5H3;1-5H;1-3H3;(H,5,6,7);;1H3/q;-1;;;+3;/p-1. The summed E-state index contributed by atoms with van der Waals surface area (Å²) in [6.45, 7) is 18.7. The average molecular weight is 652 g/mol. The van der Waals surface area contributed by atoms with Crippen LogP contribution in [0.1, 0.15) is 34.6 Å². The van der Waals surface area contributed by atoms with Crippen LogP contribution in [0, 0.1) is 35.7 Å². The molecule has 1 aliphatic rings. The second-order valence-corrected chi connectivity index (χ2v) is 11.7. The van der Waals surface area contributed by atoms with Gasteiger partial charge in [0.1, 0.15) is 0 Å². The van der Waals surface area contributed by atoms with Crippen LogP contribution in [0.5, 0.6) is 0 Å². The van der Waals surface area contributed by atoms with E-state index >= 15 is 0 Å². The molecule has 0 aliphatic heterocycles. The second-order valence-electron chi connectivity index (χ2n) is 7.61. The number of benzene rings is 1. The van der Waals surface area contributed by atoms with Gasteiger partial charge in [0, 0.05) is 0 Å². The minimum absolute atomic E-state index is 0. The van der Waals surface area contributed by atoms with Gasteiger partial charge in [0.2, 0.25) is 0 Å². The average Bonchev–Trinajstić information content (AvgIpc) is 2.73. The van der Waals surface area contributed by atoms with E-state index in [2.05, 4.69) is 60.7 Å². The van der Waals surface area contributed by atoms with Crippen LogP contribution in [-0.2, 0) is 30.2 Å². The minimum Gasteiger partial charge on any atom is -0.741 e. The Balaban J connectivity index is -0.000000154. The Morgan fingerprint density at radius 2 is 1.00 bits per heavy atom. The van der Waals surface area contributed by atoms with E-state index in [1.165, 1.54) is 0 Å². The van der Waals surface area contributed by atoms with E-state index < -0.39 is 15.6 Å². The quantitative estimate of drug-likeness (QED) is 0.156. The first-order valence-corrected chi connectivity index (χ1v) is 13.2. The molecule has 30 heavy (non-hydrogen) atoms. The second kappa shape index (κ2) is 17.5. The van der Waals surface area contributed by atoms with Gasteiger partial charge in [0.05, 0.1) is 0 Å². The van der Waals surface area contributed by atoms with Gasteiger partial charge < -0.3 is 10.7 Å². The SMILES string of the molecule is CC1C(C)C(C)C(C)C1C.CP(C)C.N.O=S(=O)([O-])C(F)(F)F.[Ir+3].[c-]1ccccc1. The van der Waals surface area contributed by atoms with Gasteiger partial charge in [-0.05, 0) is 49.6 Å². The Hall–Kier alpha value is -0.0406. The topological polar surface area (TPSA) is 92.2 Å². The van der Waals surface area contributed by atoms with Crippen LogP contribution in [-0.4, -0.2) is 38.5 Å². The maximum Gasteiger partial charge on any atom is 3.00 e. The van der Waals surface area contributed by atoms with Crippen molar-refractivity contribution in [2.45, 2.75) is 40.1 Å². The Morgan fingerprint density at radius 3 is 1.07 bits per heavy atom. The fraction of sp³-hybridized carbons (Fsp3) is 0.700. The first kappa shape index (κ1) is 37.3. The molecule has 0 saturated heterocycles. The molecule has 10 heteroatoms. The number of halogens is 3. The zero-order valence-electron chi connectivity index (χ0n) is 19.0. The molecule has 3 N–H and O–H groups in total. The third-order valence-electron chi connectivity index (χ3n) is 5.04. The molecule has 0 aromatic heterocycles. The molecule has 0 unspecified atom stereocenters. The molecule has 0 bridgehead atoms. The molecule has 180 valence electrons. The summed E-state index contributed by atoms with van der Waals surface area (Å²) in [4.78, 5) is 0. The van der Waals surface area contributed by atoms with Crippen molar-refractivity contribution in [2.75, 3.05) is 20.0 Å². The van der Waals surface area contributed by atoms with E-state index in [-0.39, 0.29) is 26.3 Å². The maximum atomic E-state index is 10.7. The van der Waals surface area contributed by atoms with E-state index in [1.807, 2.05) is 30.3 Å². The Labute approximate surface area is 196 Å². The van der Waals surface area contributed by atoms with Crippen molar-refractivity contribution in [3.8, 4) is 0 Å². The molecule has 0 radical (unpaired) electrons. The van der Waals surface area contributed by atoms with E-state index in [4.69, 9.17) is 13.0 Å². The van der Waals surface area contributed by atoms with Crippen molar-refractivity contribution in [3.63, 3.8) is 0 Å². The molecule has 0 spiro atoms. The van der Waals surface area contributed by atoms with Crippen molar-refractivity contribution < 1.29 is 46.2 Å². The van der Waals surface area contributed by atoms with Crippen LogP contribution in [0.15, 0.2) is 30.3 Å². The summed E-state index contributed by atoms with van der Waals surface area (Å²) in [5.74, 6) is 4.68. The van der Waals surface area contributed by atoms with Gasteiger partial charge in [-0.3, -0.25) is 0 Å². The Bertz CT molecular complexity index is 545. The fourth-order valence-corrected chi connectivity index (χ4v) is 2.74. The number of rotatable bonds is 0. The largest absolute Gasteiger partial charge is 3.00 e. The van der Waals surface area contributed by atoms with Crippen molar-refractivity contribution >= 4 is 18.0 Å². The molecule has 1 saturated carbocycles. The third kappa shape index (κ3) is 16.6. The van der Waals surface area contributed by atoms with Crippen LogP contribution in [0.25, 0.3) is 0 Å². The first-order chi connectivity index (χ1) is 12.5. The molecule has 0 heterocycles. The van der Waals surface area contributed by atoms with Gasteiger partial charge in [-0.25, -0.2) is 8.42 Å². The number of hydrogen-bond donors (Lipinski definition) is 1.